The molecule has 0 amide bonds. The Labute approximate surface area is 173 Å². The second-order valence-corrected chi connectivity index (χ2v) is 26.9. The normalized spacial score (nSPS) is 16.5. The number of hydrogen-bond acceptors (Lipinski definition) is 0. The molecule has 0 aliphatic carbocycles. The minimum absolute atomic E-state index is 0.155. The topological polar surface area (TPSA) is 0 Å². The van der Waals surface area contributed by atoms with Crippen molar-refractivity contribution >= 4 is 35.1 Å². The molecule has 0 saturated carbocycles. The maximum atomic E-state index is 2.59. The predicted octanol–water partition coefficient (Wildman–Crippen LogP) is 7.75. The van der Waals surface area contributed by atoms with Crippen molar-refractivity contribution in [1.82, 2.24) is 0 Å². The maximum absolute atomic E-state index is 2.59. The van der Waals surface area contributed by atoms with Crippen molar-refractivity contribution in [3.05, 3.63) is 22.3 Å². The van der Waals surface area contributed by atoms with Crippen LogP contribution in [0.15, 0.2) is 22.3 Å². The first kappa shape index (κ1) is 24.4. The van der Waals surface area contributed by atoms with Crippen LogP contribution in [0.1, 0.15) is 83.1 Å². The van der Waals surface area contributed by atoms with Gasteiger partial charge in [0.1, 0.15) is 0 Å². The third-order valence-electron chi connectivity index (χ3n) is 7.46. The van der Waals surface area contributed by atoms with Crippen LogP contribution in [0.5, 0.6) is 0 Å². The number of hydrogen-bond donors (Lipinski definition) is 0. The second-order valence-electron chi connectivity index (χ2n) is 10.3. The summed E-state index contributed by atoms with van der Waals surface area (Å²) in [5.74, 6) is 0. The van der Waals surface area contributed by atoms with Crippen molar-refractivity contribution in [1.29, 1.82) is 0 Å². The molecular weight excluding hydrogens is 405 g/mol. The van der Waals surface area contributed by atoms with Gasteiger partial charge in [-0.05, 0) is 0 Å². The molecule has 0 unspecified atom stereocenters. The van der Waals surface area contributed by atoms with Crippen LogP contribution in [-0.2, 0) is 0 Å². The fourth-order valence-corrected chi connectivity index (χ4v) is 36.8. The van der Waals surface area contributed by atoms with Gasteiger partial charge in [0.25, 0.3) is 0 Å². The molecule has 0 N–H and O–H groups in total. The van der Waals surface area contributed by atoms with Gasteiger partial charge >= 0.3 is 174 Å². The summed E-state index contributed by atoms with van der Waals surface area (Å²) in [6.45, 7) is 30.3. The van der Waals surface area contributed by atoms with Crippen molar-refractivity contribution in [2.24, 2.45) is 0 Å². The van der Waals surface area contributed by atoms with Gasteiger partial charge in [0.05, 0.1) is 0 Å². The summed E-state index contributed by atoms with van der Waals surface area (Å²) < 4.78 is 3.93. The minimum atomic E-state index is -1.48. The summed E-state index contributed by atoms with van der Waals surface area (Å²) in [6, 6.07) is 0. The Morgan fingerprint density at radius 3 is 1.23 bits per heavy atom. The van der Waals surface area contributed by atoms with Gasteiger partial charge in [-0.3, -0.25) is 0 Å². The van der Waals surface area contributed by atoms with Crippen LogP contribution in [0.3, 0.4) is 0 Å². The van der Waals surface area contributed by atoms with Crippen molar-refractivity contribution in [2.45, 2.75) is 116 Å². The van der Waals surface area contributed by atoms with E-state index in [-0.39, 0.29) is 15.0 Å². The predicted molar refractivity (Wildman–Crippen MR) is 130 cm³/mol. The first-order chi connectivity index (χ1) is 11.9. The van der Waals surface area contributed by atoms with Crippen LogP contribution in [0.25, 0.3) is 0 Å². The summed E-state index contributed by atoms with van der Waals surface area (Å²) in [6.07, 6.45) is 7.65. The van der Waals surface area contributed by atoms with E-state index in [2.05, 4.69) is 101 Å². The number of rotatable bonds is 8. The third-order valence-corrected chi connectivity index (χ3v) is 29.7. The zero-order chi connectivity index (χ0) is 20.4. The van der Waals surface area contributed by atoms with Crippen molar-refractivity contribution < 1.29 is 0 Å². The van der Waals surface area contributed by atoms with Gasteiger partial charge in [-0.15, -0.1) is 0 Å². The first-order valence-corrected chi connectivity index (χ1v) is 17.5. The van der Waals surface area contributed by atoms with Gasteiger partial charge in [-0.1, -0.05) is 0 Å². The molecule has 0 aromatic heterocycles. The van der Waals surface area contributed by atoms with E-state index in [4.69, 9.17) is 0 Å². The van der Waals surface area contributed by atoms with Crippen molar-refractivity contribution in [3.63, 3.8) is 0 Å². The fraction of sp³-hybridized carbons (Fsp3) is 0.783. The molecule has 1 aliphatic heterocycles. The Balaban J connectivity index is 3.68. The molecule has 0 aromatic rings. The summed E-state index contributed by atoms with van der Waals surface area (Å²) in [7, 11) is -2.97. The quantitative estimate of drug-likeness (QED) is 0.332. The molecule has 0 bridgehead atoms. The van der Waals surface area contributed by atoms with Gasteiger partial charge < -0.3 is 0 Å². The second kappa shape index (κ2) is 9.22. The van der Waals surface area contributed by atoms with E-state index in [1.165, 1.54) is 0 Å². The standard InChI is InChI=1S/C23H45GeSi2/c1-16(2)25(17(3)4,18(5)6)22-14-13-15-23(24-22)26(19(7)8,20(9)10)21(11)12/h13-21H,1-12H3. The van der Waals surface area contributed by atoms with Crippen molar-refractivity contribution in [2.75, 3.05) is 0 Å². The van der Waals surface area contributed by atoms with Crippen LogP contribution in [0, 0.1) is 0 Å². The van der Waals surface area contributed by atoms with Crippen LogP contribution in [0.4, 0.5) is 0 Å². The SMILES string of the molecule is CC(C)[Si]([C]1=CC=C[C]([Si](C(C)C)(C(C)C)C(C)C)=[Ge]1)(C(C)C)C(C)C. The molecular formula is C23H45GeSi2. The fourth-order valence-electron chi connectivity index (χ4n) is 6.84. The third kappa shape index (κ3) is 3.89. The Kier molecular flexibility index (Phi) is 8.64. The average molecular weight is 450 g/mol. The summed E-state index contributed by atoms with van der Waals surface area (Å²) in [5.41, 5.74) is 4.99. The van der Waals surface area contributed by atoms with E-state index in [0.717, 1.165) is 33.2 Å². The van der Waals surface area contributed by atoms with Gasteiger partial charge in [-0.25, -0.2) is 0 Å². The molecule has 1 radical (unpaired) electrons. The molecule has 0 aromatic carbocycles. The molecule has 0 saturated heterocycles. The number of allylic oxidation sites excluding steroid dienone is 3. The molecule has 1 aliphatic rings. The zero-order valence-electron chi connectivity index (χ0n) is 19.7. The molecule has 0 fully saturated rings. The summed E-state index contributed by atoms with van der Waals surface area (Å²) in [5, 5.41) is 0. The molecule has 0 nitrogen and oxygen atoms in total. The summed E-state index contributed by atoms with van der Waals surface area (Å²) in [4.78, 5) is 0. The van der Waals surface area contributed by atoms with E-state index in [0.29, 0.717) is 0 Å². The van der Waals surface area contributed by atoms with Crippen molar-refractivity contribution in [3.8, 4) is 0 Å². The molecule has 0 atom stereocenters. The van der Waals surface area contributed by atoms with Gasteiger partial charge in [0.15, 0.2) is 0 Å². The molecule has 1 rings (SSSR count). The van der Waals surface area contributed by atoms with Crippen LogP contribution < -0.4 is 0 Å². The Morgan fingerprint density at radius 2 is 0.923 bits per heavy atom. The molecule has 3 heteroatoms. The zero-order valence-corrected chi connectivity index (χ0v) is 23.8. The van der Waals surface area contributed by atoms with E-state index in [9.17, 15) is 0 Å². The Morgan fingerprint density at radius 1 is 0.577 bits per heavy atom. The molecule has 26 heavy (non-hydrogen) atoms. The molecule has 0 spiro atoms. The van der Waals surface area contributed by atoms with Gasteiger partial charge in [-0.2, -0.15) is 0 Å². The Hall–Kier alpha value is 0.327. The van der Waals surface area contributed by atoms with Crippen LogP contribution in [0.2, 0.25) is 33.2 Å². The van der Waals surface area contributed by atoms with Crippen LogP contribution >= 0.6 is 0 Å². The van der Waals surface area contributed by atoms with Gasteiger partial charge in [0, 0.05) is 0 Å². The van der Waals surface area contributed by atoms with Gasteiger partial charge in [0.2, 0.25) is 0 Å². The van der Waals surface area contributed by atoms with E-state index in [1.807, 2.05) is 8.00 Å². The van der Waals surface area contributed by atoms with Crippen LogP contribution in [-0.4, -0.2) is 35.1 Å². The van der Waals surface area contributed by atoms with E-state index >= 15 is 0 Å². The summed E-state index contributed by atoms with van der Waals surface area (Å²) >= 11 is -0.155. The molecule has 149 valence electrons. The Bertz CT molecular complexity index is 486. The first-order valence-electron chi connectivity index (χ1n) is 10.9. The molecule has 1 heterocycles. The van der Waals surface area contributed by atoms with E-state index in [1.54, 1.807) is 0 Å². The average Bonchev–Trinajstić information content (AvgIpc) is 2.46. The monoisotopic (exact) mass is 451 g/mol. The van der Waals surface area contributed by atoms with E-state index < -0.39 is 16.1 Å².